The lowest BCUT2D eigenvalue weighted by Crippen LogP contribution is -2.31. The molecule has 0 fully saturated rings. The first-order valence-corrected chi connectivity index (χ1v) is 9.50. The number of rotatable bonds is 8. The summed E-state index contributed by atoms with van der Waals surface area (Å²) in [6.45, 7) is -0.375. The molecule has 0 spiro atoms. The number of methoxy groups -OCH3 is 1. The summed E-state index contributed by atoms with van der Waals surface area (Å²) < 4.78 is 99.2. The molecule has 0 bridgehead atoms. The molecule has 0 amide bonds. The molecule has 33 heavy (non-hydrogen) atoms. The van der Waals surface area contributed by atoms with Gasteiger partial charge in [0.2, 0.25) is 0 Å². The molecule has 0 aromatic heterocycles. The van der Waals surface area contributed by atoms with Crippen molar-refractivity contribution in [2.75, 3.05) is 13.7 Å². The summed E-state index contributed by atoms with van der Waals surface area (Å²) in [5, 5.41) is 0. The van der Waals surface area contributed by atoms with Crippen LogP contribution in [0.15, 0.2) is 72.8 Å². The van der Waals surface area contributed by atoms with Gasteiger partial charge in [-0.1, -0.05) is 18.2 Å². The van der Waals surface area contributed by atoms with Crippen molar-refractivity contribution in [2.45, 2.75) is 18.6 Å². The van der Waals surface area contributed by atoms with E-state index in [1.54, 1.807) is 24.3 Å². The third kappa shape index (κ3) is 6.71. The Morgan fingerprint density at radius 1 is 0.667 bits per heavy atom. The maximum atomic E-state index is 12.9. The molecule has 0 aliphatic heterocycles. The molecular formula is C23H18F6O4. The number of benzene rings is 3. The van der Waals surface area contributed by atoms with Crippen molar-refractivity contribution in [3.05, 3.63) is 83.9 Å². The highest BCUT2D eigenvalue weighted by molar-refractivity contribution is 5.39. The van der Waals surface area contributed by atoms with E-state index >= 15 is 0 Å². The van der Waals surface area contributed by atoms with Crippen molar-refractivity contribution < 1.29 is 45.3 Å². The van der Waals surface area contributed by atoms with Crippen molar-refractivity contribution in [1.29, 1.82) is 0 Å². The third-order valence-electron chi connectivity index (χ3n) is 4.32. The number of hydrogen-bond donors (Lipinski definition) is 0. The molecule has 3 aromatic rings. The molecule has 0 N–H and O–H groups in total. The molecule has 1 atom stereocenters. The summed E-state index contributed by atoms with van der Waals surface area (Å²) in [6.07, 6.45) is -10.3. The van der Waals surface area contributed by atoms with Gasteiger partial charge in [0.15, 0.2) is 18.1 Å². The van der Waals surface area contributed by atoms with E-state index in [9.17, 15) is 26.3 Å². The average Bonchev–Trinajstić information content (AvgIpc) is 2.77. The van der Waals surface area contributed by atoms with Crippen LogP contribution in [0.3, 0.4) is 0 Å². The summed E-state index contributed by atoms with van der Waals surface area (Å²) in [4.78, 5) is 0. The van der Waals surface area contributed by atoms with Gasteiger partial charge in [-0.05, 0) is 54.6 Å². The van der Waals surface area contributed by atoms with Crippen LogP contribution in [0, 0.1) is 0 Å². The SMILES string of the molecule is COc1ccccc1OC(COc1cccc(C(F)(F)F)c1)Oc1ccc(C(F)(F)F)cc1. The summed E-state index contributed by atoms with van der Waals surface area (Å²) >= 11 is 0. The lowest BCUT2D eigenvalue weighted by atomic mass is 10.2. The Morgan fingerprint density at radius 3 is 1.91 bits per heavy atom. The first kappa shape index (κ1) is 24.1. The first-order valence-electron chi connectivity index (χ1n) is 9.50. The third-order valence-corrected chi connectivity index (χ3v) is 4.32. The van der Waals surface area contributed by atoms with Crippen molar-refractivity contribution in [3.8, 4) is 23.0 Å². The quantitative estimate of drug-likeness (QED) is 0.274. The van der Waals surface area contributed by atoms with Crippen LogP contribution in [-0.2, 0) is 12.4 Å². The number of hydrogen-bond acceptors (Lipinski definition) is 4. The van der Waals surface area contributed by atoms with E-state index in [1.165, 1.54) is 19.2 Å². The number of alkyl halides is 6. The van der Waals surface area contributed by atoms with Crippen LogP contribution >= 0.6 is 0 Å². The van der Waals surface area contributed by atoms with Crippen LogP contribution in [0.2, 0.25) is 0 Å². The summed E-state index contributed by atoms with van der Waals surface area (Å²) in [6, 6.07) is 14.6. The molecule has 4 nitrogen and oxygen atoms in total. The monoisotopic (exact) mass is 472 g/mol. The van der Waals surface area contributed by atoms with E-state index < -0.39 is 29.8 Å². The predicted molar refractivity (Wildman–Crippen MR) is 106 cm³/mol. The van der Waals surface area contributed by atoms with Gasteiger partial charge in [0.05, 0.1) is 18.2 Å². The highest BCUT2D eigenvalue weighted by atomic mass is 19.4. The van der Waals surface area contributed by atoms with E-state index in [0.29, 0.717) is 5.75 Å². The molecular weight excluding hydrogens is 454 g/mol. The van der Waals surface area contributed by atoms with Gasteiger partial charge >= 0.3 is 12.4 Å². The van der Waals surface area contributed by atoms with Crippen LogP contribution in [0.5, 0.6) is 23.0 Å². The van der Waals surface area contributed by atoms with Crippen LogP contribution < -0.4 is 18.9 Å². The fourth-order valence-electron chi connectivity index (χ4n) is 2.75. The van der Waals surface area contributed by atoms with Crippen molar-refractivity contribution in [1.82, 2.24) is 0 Å². The Balaban J connectivity index is 1.79. The van der Waals surface area contributed by atoms with Gasteiger partial charge in [-0.15, -0.1) is 0 Å². The number of para-hydroxylation sites is 2. The molecule has 0 saturated heterocycles. The highest BCUT2D eigenvalue weighted by Crippen LogP contribution is 2.33. The Morgan fingerprint density at radius 2 is 1.30 bits per heavy atom. The largest absolute Gasteiger partial charge is 0.493 e. The van der Waals surface area contributed by atoms with Gasteiger partial charge in [-0.3, -0.25) is 0 Å². The van der Waals surface area contributed by atoms with Crippen LogP contribution in [0.25, 0.3) is 0 Å². The molecule has 1 unspecified atom stereocenters. The Hall–Kier alpha value is -3.56. The summed E-state index contributed by atoms with van der Waals surface area (Å²) in [5.74, 6) is 0.534. The smallest absolute Gasteiger partial charge is 0.416 e. The lowest BCUT2D eigenvalue weighted by Gasteiger charge is -2.22. The van der Waals surface area contributed by atoms with Crippen molar-refractivity contribution >= 4 is 0 Å². The maximum absolute atomic E-state index is 12.9. The van der Waals surface area contributed by atoms with Crippen LogP contribution in [0.1, 0.15) is 11.1 Å². The summed E-state index contributed by atoms with van der Waals surface area (Å²) in [7, 11) is 1.41. The minimum absolute atomic E-state index is 0.0375. The molecule has 0 saturated carbocycles. The fourth-order valence-corrected chi connectivity index (χ4v) is 2.75. The van der Waals surface area contributed by atoms with Gasteiger partial charge in [0.25, 0.3) is 6.29 Å². The Kier molecular flexibility index (Phi) is 7.25. The zero-order chi connectivity index (χ0) is 24.1. The van der Waals surface area contributed by atoms with Gasteiger partial charge < -0.3 is 18.9 Å². The van der Waals surface area contributed by atoms with Crippen LogP contribution in [0.4, 0.5) is 26.3 Å². The lowest BCUT2D eigenvalue weighted by molar-refractivity contribution is -0.138. The highest BCUT2D eigenvalue weighted by Gasteiger charge is 2.31. The molecule has 0 aliphatic carbocycles. The van der Waals surface area contributed by atoms with Crippen molar-refractivity contribution in [3.63, 3.8) is 0 Å². The van der Waals surface area contributed by atoms with E-state index in [2.05, 4.69) is 0 Å². The number of ether oxygens (including phenoxy) is 4. The zero-order valence-electron chi connectivity index (χ0n) is 17.1. The van der Waals surface area contributed by atoms with E-state index in [0.717, 1.165) is 36.4 Å². The molecule has 0 heterocycles. The molecule has 10 heteroatoms. The molecule has 176 valence electrons. The Labute approximate surface area is 185 Å². The predicted octanol–water partition coefficient (Wildman–Crippen LogP) is 6.60. The minimum Gasteiger partial charge on any atom is -0.493 e. The second kappa shape index (κ2) is 9.93. The molecule has 3 rings (SSSR count). The topological polar surface area (TPSA) is 36.9 Å². The Bertz CT molecular complexity index is 1050. The molecule has 0 radical (unpaired) electrons. The van der Waals surface area contributed by atoms with Gasteiger partial charge in [0, 0.05) is 0 Å². The van der Waals surface area contributed by atoms with E-state index in [1.807, 2.05) is 0 Å². The zero-order valence-corrected chi connectivity index (χ0v) is 17.1. The average molecular weight is 472 g/mol. The standard InChI is InChI=1S/C23H18F6O4/c1-30-19-7-2-3-8-20(19)33-21(32-17-11-9-15(10-12-17)22(24,25)26)14-31-18-6-4-5-16(13-18)23(27,28)29/h2-13,21H,14H2,1H3. The number of halogens is 6. The van der Waals surface area contributed by atoms with Gasteiger partial charge in [-0.2, -0.15) is 26.3 Å². The molecule has 0 aliphatic rings. The maximum Gasteiger partial charge on any atom is 0.416 e. The minimum atomic E-state index is -4.55. The van der Waals surface area contributed by atoms with Crippen LogP contribution in [-0.4, -0.2) is 20.0 Å². The normalized spacial score (nSPS) is 12.7. The van der Waals surface area contributed by atoms with Crippen molar-refractivity contribution in [2.24, 2.45) is 0 Å². The van der Waals surface area contributed by atoms with E-state index in [4.69, 9.17) is 18.9 Å². The molecule has 3 aromatic carbocycles. The second-order valence-corrected chi connectivity index (χ2v) is 6.67. The summed E-state index contributed by atoms with van der Waals surface area (Å²) in [5.41, 5.74) is -1.76. The van der Waals surface area contributed by atoms with E-state index in [-0.39, 0.29) is 23.9 Å². The second-order valence-electron chi connectivity index (χ2n) is 6.67. The van der Waals surface area contributed by atoms with Gasteiger partial charge in [0.1, 0.15) is 11.5 Å². The van der Waals surface area contributed by atoms with Gasteiger partial charge in [-0.25, -0.2) is 0 Å². The fraction of sp³-hybridized carbons (Fsp3) is 0.217. The first-order chi connectivity index (χ1) is 15.6.